The standard InChI is InChI=1S/C15H18N6/c1-10-4-3-5-11(8-10)6-7-17-13-12-14(19-9-18-12)21-15(16-2)20-13/h3-5,8-9H,6-7H2,1-2H3,(H3,16,17,18,19,20,21). The Balaban J connectivity index is 1.74. The van der Waals surface area contributed by atoms with E-state index in [0.29, 0.717) is 11.6 Å². The highest BCUT2D eigenvalue weighted by molar-refractivity contribution is 5.83. The third-order valence-electron chi connectivity index (χ3n) is 3.30. The molecular formula is C15H18N6. The molecule has 108 valence electrons. The highest BCUT2D eigenvalue weighted by Crippen LogP contribution is 2.18. The Morgan fingerprint density at radius 2 is 2.14 bits per heavy atom. The van der Waals surface area contributed by atoms with E-state index in [9.17, 15) is 0 Å². The molecular weight excluding hydrogens is 264 g/mol. The second kappa shape index (κ2) is 5.78. The molecule has 0 amide bonds. The lowest BCUT2D eigenvalue weighted by Crippen LogP contribution is -2.09. The quantitative estimate of drug-likeness (QED) is 0.669. The molecule has 0 fully saturated rings. The zero-order valence-electron chi connectivity index (χ0n) is 12.1. The number of nitrogens with one attached hydrogen (secondary N) is 3. The van der Waals surface area contributed by atoms with E-state index in [1.165, 1.54) is 11.1 Å². The maximum Gasteiger partial charge on any atom is 0.226 e. The van der Waals surface area contributed by atoms with Crippen molar-refractivity contribution in [3.05, 3.63) is 41.7 Å². The van der Waals surface area contributed by atoms with Gasteiger partial charge in [-0.3, -0.25) is 0 Å². The van der Waals surface area contributed by atoms with Gasteiger partial charge in [0, 0.05) is 13.6 Å². The van der Waals surface area contributed by atoms with E-state index >= 15 is 0 Å². The second-order valence-corrected chi connectivity index (χ2v) is 4.91. The molecule has 2 heterocycles. The summed E-state index contributed by atoms with van der Waals surface area (Å²) in [6.45, 7) is 2.91. The molecule has 0 aliphatic rings. The van der Waals surface area contributed by atoms with Crippen LogP contribution < -0.4 is 10.6 Å². The van der Waals surface area contributed by atoms with Gasteiger partial charge in [0.2, 0.25) is 5.95 Å². The molecule has 0 aliphatic heterocycles. The molecule has 0 saturated carbocycles. The molecule has 0 aliphatic carbocycles. The molecule has 1 aromatic carbocycles. The van der Waals surface area contributed by atoms with Crippen LogP contribution in [0.1, 0.15) is 11.1 Å². The first-order valence-electron chi connectivity index (χ1n) is 6.94. The molecule has 6 nitrogen and oxygen atoms in total. The number of rotatable bonds is 5. The third kappa shape index (κ3) is 2.94. The molecule has 0 saturated heterocycles. The van der Waals surface area contributed by atoms with Crippen LogP contribution in [-0.4, -0.2) is 33.5 Å². The molecule has 21 heavy (non-hydrogen) atoms. The SMILES string of the molecule is CNc1nc(NCCc2cccc(C)c2)c2[nH]cnc2n1. The number of fused-ring (bicyclic) bond motifs is 1. The Kier molecular flexibility index (Phi) is 3.68. The second-order valence-electron chi connectivity index (χ2n) is 4.91. The molecule has 0 unspecified atom stereocenters. The lowest BCUT2D eigenvalue weighted by atomic mass is 10.1. The average Bonchev–Trinajstić information content (AvgIpc) is 2.95. The number of hydrogen-bond acceptors (Lipinski definition) is 5. The first kappa shape index (κ1) is 13.4. The van der Waals surface area contributed by atoms with Crippen molar-refractivity contribution in [1.29, 1.82) is 0 Å². The van der Waals surface area contributed by atoms with Gasteiger partial charge in [0.1, 0.15) is 5.52 Å². The number of anilines is 2. The molecule has 0 atom stereocenters. The lowest BCUT2D eigenvalue weighted by molar-refractivity contribution is 1.00. The summed E-state index contributed by atoms with van der Waals surface area (Å²) in [6.07, 6.45) is 2.57. The van der Waals surface area contributed by atoms with Gasteiger partial charge in [-0.15, -0.1) is 0 Å². The summed E-state index contributed by atoms with van der Waals surface area (Å²) in [5.41, 5.74) is 4.08. The number of hydrogen-bond donors (Lipinski definition) is 3. The van der Waals surface area contributed by atoms with Crippen LogP contribution in [0.25, 0.3) is 11.2 Å². The molecule has 2 aromatic heterocycles. The van der Waals surface area contributed by atoms with Crippen LogP contribution in [0.3, 0.4) is 0 Å². The van der Waals surface area contributed by atoms with Crippen molar-refractivity contribution in [2.45, 2.75) is 13.3 Å². The number of aromatic amines is 1. The summed E-state index contributed by atoms with van der Waals surface area (Å²) in [5, 5.41) is 6.30. The Morgan fingerprint density at radius 3 is 2.95 bits per heavy atom. The van der Waals surface area contributed by atoms with Crippen molar-refractivity contribution >= 4 is 22.9 Å². The van der Waals surface area contributed by atoms with Crippen LogP contribution in [0.5, 0.6) is 0 Å². The van der Waals surface area contributed by atoms with Gasteiger partial charge >= 0.3 is 0 Å². The van der Waals surface area contributed by atoms with E-state index in [2.05, 4.69) is 61.8 Å². The van der Waals surface area contributed by atoms with Crippen LogP contribution >= 0.6 is 0 Å². The van der Waals surface area contributed by atoms with Crippen molar-refractivity contribution in [3.8, 4) is 0 Å². The van der Waals surface area contributed by atoms with Crippen molar-refractivity contribution in [2.75, 3.05) is 24.2 Å². The Labute approximate surface area is 123 Å². The Hall–Kier alpha value is -2.63. The molecule has 0 spiro atoms. The predicted octanol–water partition coefficient (Wildman–Crippen LogP) is 2.36. The fraction of sp³-hybridized carbons (Fsp3) is 0.267. The molecule has 3 aromatic rings. The maximum absolute atomic E-state index is 4.44. The van der Waals surface area contributed by atoms with Crippen molar-refractivity contribution < 1.29 is 0 Å². The van der Waals surface area contributed by atoms with Crippen LogP contribution in [0.2, 0.25) is 0 Å². The zero-order valence-corrected chi connectivity index (χ0v) is 12.1. The summed E-state index contributed by atoms with van der Waals surface area (Å²) >= 11 is 0. The topological polar surface area (TPSA) is 78.5 Å². The van der Waals surface area contributed by atoms with Crippen LogP contribution in [0.15, 0.2) is 30.6 Å². The molecule has 0 bridgehead atoms. The maximum atomic E-state index is 4.44. The molecule has 0 radical (unpaired) electrons. The highest BCUT2D eigenvalue weighted by Gasteiger charge is 2.08. The Bertz CT molecular complexity index is 749. The summed E-state index contributed by atoms with van der Waals surface area (Å²) in [5.74, 6) is 1.34. The van der Waals surface area contributed by atoms with Crippen molar-refractivity contribution in [1.82, 2.24) is 19.9 Å². The highest BCUT2D eigenvalue weighted by atomic mass is 15.2. The molecule has 3 rings (SSSR count). The minimum atomic E-state index is 0.563. The van der Waals surface area contributed by atoms with Gasteiger partial charge in [-0.2, -0.15) is 9.97 Å². The van der Waals surface area contributed by atoms with E-state index < -0.39 is 0 Å². The third-order valence-corrected chi connectivity index (χ3v) is 3.30. The van der Waals surface area contributed by atoms with Gasteiger partial charge in [0.15, 0.2) is 11.5 Å². The number of aromatic nitrogens is 4. The minimum absolute atomic E-state index is 0.563. The lowest BCUT2D eigenvalue weighted by Gasteiger charge is -2.08. The summed E-state index contributed by atoms with van der Waals surface area (Å²) < 4.78 is 0. The minimum Gasteiger partial charge on any atom is -0.368 e. The van der Waals surface area contributed by atoms with E-state index in [1.807, 2.05) is 0 Å². The summed E-state index contributed by atoms with van der Waals surface area (Å²) in [4.78, 5) is 16.0. The van der Waals surface area contributed by atoms with Crippen molar-refractivity contribution in [2.24, 2.45) is 0 Å². The van der Waals surface area contributed by atoms with E-state index in [-0.39, 0.29) is 0 Å². The number of imidazole rings is 1. The fourth-order valence-corrected chi connectivity index (χ4v) is 2.27. The smallest absolute Gasteiger partial charge is 0.226 e. The van der Waals surface area contributed by atoms with E-state index in [1.54, 1.807) is 13.4 Å². The monoisotopic (exact) mass is 282 g/mol. The van der Waals surface area contributed by atoms with Gasteiger partial charge in [0.25, 0.3) is 0 Å². The van der Waals surface area contributed by atoms with Gasteiger partial charge in [-0.05, 0) is 18.9 Å². The van der Waals surface area contributed by atoms with E-state index in [4.69, 9.17) is 0 Å². The van der Waals surface area contributed by atoms with Gasteiger partial charge in [-0.25, -0.2) is 4.98 Å². The van der Waals surface area contributed by atoms with Gasteiger partial charge in [0.05, 0.1) is 6.33 Å². The van der Waals surface area contributed by atoms with Crippen LogP contribution in [0, 0.1) is 6.92 Å². The average molecular weight is 282 g/mol. The van der Waals surface area contributed by atoms with Crippen molar-refractivity contribution in [3.63, 3.8) is 0 Å². The first-order chi connectivity index (χ1) is 10.3. The predicted molar refractivity (Wildman–Crippen MR) is 84.6 cm³/mol. The Morgan fingerprint density at radius 1 is 1.24 bits per heavy atom. The zero-order chi connectivity index (χ0) is 14.7. The van der Waals surface area contributed by atoms with Crippen LogP contribution in [0.4, 0.5) is 11.8 Å². The number of benzene rings is 1. The van der Waals surface area contributed by atoms with Crippen LogP contribution in [-0.2, 0) is 6.42 Å². The summed E-state index contributed by atoms with van der Waals surface area (Å²) in [6, 6.07) is 8.53. The summed E-state index contributed by atoms with van der Waals surface area (Å²) in [7, 11) is 1.80. The normalized spacial score (nSPS) is 10.8. The number of aryl methyl sites for hydroxylation is 1. The number of nitrogens with zero attached hydrogens (tertiary/aromatic N) is 3. The first-order valence-corrected chi connectivity index (χ1v) is 6.94. The largest absolute Gasteiger partial charge is 0.368 e. The van der Waals surface area contributed by atoms with Gasteiger partial charge < -0.3 is 15.6 Å². The molecule has 6 heteroatoms. The molecule has 3 N–H and O–H groups in total. The number of H-pyrrole nitrogens is 1. The fourth-order valence-electron chi connectivity index (χ4n) is 2.27. The van der Waals surface area contributed by atoms with E-state index in [0.717, 1.165) is 24.3 Å². The van der Waals surface area contributed by atoms with Gasteiger partial charge in [-0.1, -0.05) is 29.8 Å².